The number of halogens is 2. The second-order valence-electron chi connectivity index (χ2n) is 6.21. The van der Waals surface area contributed by atoms with E-state index in [0.29, 0.717) is 34.3 Å². The van der Waals surface area contributed by atoms with Crippen LogP contribution in [0.25, 0.3) is 33.4 Å². The third kappa shape index (κ3) is 3.75. The molecule has 0 aliphatic carbocycles. The summed E-state index contributed by atoms with van der Waals surface area (Å²) in [5.74, 6) is -0.817. The average molecular weight is 394 g/mol. The van der Waals surface area contributed by atoms with E-state index in [9.17, 15) is 13.6 Å². The number of hydrogen-bond donors (Lipinski definition) is 3. The summed E-state index contributed by atoms with van der Waals surface area (Å²) in [6.45, 7) is 2.24. The van der Waals surface area contributed by atoms with Gasteiger partial charge in [-0.2, -0.15) is 0 Å². The van der Waals surface area contributed by atoms with Crippen molar-refractivity contribution in [1.82, 2.24) is 25.3 Å². The standard InChI is InChI=1S/C20H16F2N6O/c1-2-24-20(29)28-19-26-16-8-11(12-6-13(21)10-23-9-12)7-14(18(16)27-19)17-15(22)4-3-5-25-17/h3-10H,2H2,1H3,(H3,24,26,27,28,29). The number of hydrogen-bond acceptors (Lipinski definition) is 4. The van der Waals surface area contributed by atoms with E-state index in [1.165, 1.54) is 30.6 Å². The van der Waals surface area contributed by atoms with E-state index in [1.54, 1.807) is 19.1 Å². The number of nitrogens with zero attached hydrogens (tertiary/aromatic N) is 3. The topological polar surface area (TPSA) is 95.6 Å². The minimum atomic E-state index is -0.517. The van der Waals surface area contributed by atoms with Gasteiger partial charge in [0.1, 0.15) is 17.3 Å². The quantitative estimate of drug-likeness (QED) is 0.485. The number of carbonyl (C=O) groups excluding carboxylic acids is 1. The van der Waals surface area contributed by atoms with Crippen LogP contribution in [0.15, 0.2) is 48.9 Å². The van der Waals surface area contributed by atoms with E-state index in [2.05, 4.69) is 30.6 Å². The van der Waals surface area contributed by atoms with E-state index in [4.69, 9.17) is 0 Å². The van der Waals surface area contributed by atoms with E-state index < -0.39 is 17.7 Å². The number of pyridine rings is 2. The Morgan fingerprint density at radius 3 is 2.79 bits per heavy atom. The van der Waals surface area contributed by atoms with Crippen molar-refractivity contribution < 1.29 is 13.6 Å². The van der Waals surface area contributed by atoms with Crippen LogP contribution in [0.4, 0.5) is 19.5 Å². The Labute approximate surface area is 164 Å². The van der Waals surface area contributed by atoms with Gasteiger partial charge in [-0.15, -0.1) is 0 Å². The number of aromatic amines is 1. The molecule has 7 nitrogen and oxygen atoms in total. The number of aromatic nitrogens is 4. The predicted octanol–water partition coefficient (Wildman–Crippen LogP) is 4.11. The molecule has 4 rings (SSSR count). The van der Waals surface area contributed by atoms with Crippen LogP contribution in [0.1, 0.15) is 6.92 Å². The normalized spacial score (nSPS) is 10.9. The van der Waals surface area contributed by atoms with E-state index >= 15 is 0 Å². The number of anilines is 1. The number of amides is 2. The van der Waals surface area contributed by atoms with Gasteiger partial charge in [0.15, 0.2) is 0 Å². The Morgan fingerprint density at radius 2 is 2.03 bits per heavy atom. The zero-order chi connectivity index (χ0) is 20.4. The fraction of sp³-hybridized carbons (Fsp3) is 0.100. The first-order valence-corrected chi connectivity index (χ1v) is 8.85. The third-order valence-corrected chi connectivity index (χ3v) is 4.21. The molecule has 4 aromatic rings. The molecule has 0 spiro atoms. The highest BCUT2D eigenvalue weighted by atomic mass is 19.1. The first-order chi connectivity index (χ1) is 14.0. The highest BCUT2D eigenvalue weighted by Gasteiger charge is 2.17. The van der Waals surface area contributed by atoms with E-state index in [0.717, 1.165) is 6.20 Å². The minimum absolute atomic E-state index is 0.108. The Bertz CT molecular complexity index is 1210. The van der Waals surface area contributed by atoms with Crippen molar-refractivity contribution in [2.24, 2.45) is 0 Å². The van der Waals surface area contributed by atoms with Crippen molar-refractivity contribution in [3.05, 3.63) is 60.6 Å². The molecule has 2 amide bonds. The molecule has 0 saturated heterocycles. The molecule has 0 bridgehead atoms. The average Bonchev–Trinajstić information content (AvgIpc) is 3.10. The van der Waals surface area contributed by atoms with Crippen molar-refractivity contribution in [2.75, 3.05) is 11.9 Å². The fourth-order valence-corrected chi connectivity index (χ4v) is 2.99. The molecule has 0 aliphatic rings. The van der Waals surface area contributed by atoms with Gasteiger partial charge >= 0.3 is 6.03 Å². The fourth-order valence-electron chi connectivity index (χ4n) is 2.99. The van der Waals surface area contributed by atoms with Crippen molar-refractivity contribution in [2.45, 2.75) is 6.92 Å². The van der Waals surface area contributed by atoms with Crippen LogP contribution in [0, 0.1) is 11.6 Å². The molecule has 0 aliphatic heterocycles. The lowest BCUT2D eigenvalue weighted by molar-refractivity contribution is 0.252. The van der Waals surface area contributed by atoms with Gasteiger partial charge in [-0.3, -0.25) is 15.3 Å². The van der Waals surface area contributed by atoms with Crippen LogP contribution < -0.4 is 10.6 Å². The summed E-state index contributed by atoms with van der Waals surface area (Å²) < 4.78 is 28.1. The van der Waals surface area contributed by atoms with E-state index in [1.807, 2.05) is 0 Å². The van der Waals surface area contributed by atoms with Crippen LogP contribution in [0.5, 0.6) is 0 Å². The summed E-state index contributed by atoms with van der Waals surface area (Å²) in [4.78, 5) is 27.2. The highest BCUT2D eigenvalue weighted by molar-refractivity contribution is 5.98. The second kappa shape index (κ2) is 7.63. The van der Waals surface area contributed by atoms with Crippen molar-refractivity contribution in [3.8, 4) is 22.4 Å². The largest absolute Gasteiger partial charge is 0.338 e. The molecule has 3 aromatic heterocycles. The molecule has 3 heterocycles. The zero-order valence-corrected chi connectivity index (χ0v) is 15.3. The number of benzene rings is 1. The second-order valence-corrected chi connectivity index (χ2v) is 6.21. The lowest BCUT2D eigenvalue weighted by Crippen LogP contribution is -2.28. The molecule has 146 valence electrons. The summed E-state index contributed by atoms with van der Waals surface area (Å²) >= 11 is 0. The Kier molecular flexibility index (Phi) is 4.86. The SMILES string of the molecule is CCNC(=O)Nc1nc2cc(-c3cncc(F)c3)cc(-c3ncccc3F)c2[nH]1. The van der Waals surface area contributed by atoms with Crippen LogP contribution >= 0.6 is 0 Å². The summed E-state index contributed by atoms with van der Waals surface area (Å²) in [6.07, 6.45) is 4.08. The number of fused-ring (bicyclic) bond motifs is 1. The lowest BCUT2D eigenvalue weighted by Gasteiger charge is -2.08. The Balaban J connectivity index is 1.91. The van der Waals surface area contributed by atoms with Gasteiger partial charge in [0.05, 0.1) is 17.2 Å². The van der Waals surface area contributed by atoms with Crippen LogP contribution in [0.2, 0.25) is 0 Å². The number of urea groups is 1. The van der Waals surface area contributed by atoms with Gasteiger partial charge < -0.3 is 10.3 Å². The predicted molar refractivity (Wildman–Crippen MR) is 105 cm³/mol. The summed E-state index contributed by atoms with van der Waals surface area (Å²) in [5.41, 5.74) is 2.57. The lowest BCUT2D eigenvalue weighted by atomic mass is 10.0. The van der Waals surface area contributed by atoms with Gasteiger partial charge in [-0.05, 0) is 42.8 Å². The number of imidazole rings is 1. The molecular formula is C20H16F2N6O. The minimum Gasteiger partial charge on any atom is -0.338 e. The summed E-state index contributed by atoms with van der Waals surface area (Å²) in [5, 5.41) is 5.20. The molecule has 9 heteroatoms. The van der Waals surface area contributed by atoms with Crippen LogP contribution in [0.3, 0.4) is 0 Å². The maximum absolute atomic E-state index is 14.5. The zero-order valence-electron chi connectivity index (χ0n) is 15.3. The van der Waals surface area contributed by atoms with Gasteiger partial charge in [-0.1, -0.05) is 0 Å². The molecule has 29 heavy (non-hydrogen) atoms. The molecule has 0 fully saturated rings. The molecule has 0 atom stereocenters. The molecule has 3 N–H and O–H groups in total. The van der Waals surface area contributed by atoms with Gasteiger partial charge in [0.25, 0.3) is 0 Å². The third-order valence-electron chi connectivity index (χ3n) is 4.21. The summed E-state index contributed by atoms with van der Waals surface area (Å²) in [6, 6.07) is 7.08. The molecule has 1 aromatic carbocycles. The molecular weight excluding hydrogens is 378 g/mol. The molecule has 0 radical (unpaired) electrons. The Hall–Kier alpha value is -3.88. The van der Waals surface area contributed by atoms with Crippen molar-refractivity contribution in [1.29, 1.82) is 0 Å². The van der Waals surface area contributed by atoms with Crippen molar-refractivity contribution >= 4 is 23.0 Å². The molecule has 0 saturated carbocycles. The van der Waals surface area contributed by atoms with Crippen LogP contribution in [-0.4, -0.2) is 32.5 Å². The van der Waals surface area contributed by atoms with Crippen molar-refractivity contribution in [3.63, 3.8) is 0 Å². The number of carbonyl (C=O) groups is 1. The number of H-pyrrole nitrogens is 1. The van der Waals surface area contributed by atoms with Gasteiger partial charge in [-0.25, -0.2) is 18.6 Å². The molecule has 0 unspecified atom stereocenters. The maximum atomic E-state index is 14.5. The highest BCUT2D eigenvalue weighted by Crippen LogP contribution is 2.34. The van der Waals surface area contributed by atoms with Crippen LogP contribution in [-0.2, 0) is 0 Å². The maximum Gasteiger partial charge on any atom is 0.321 e. The monoisotopic (exact) mass is 394 g/mol. The van der Waals surface area contributed by atoms with Gasteiger partial charge in [0.2, 0.25) is 5.95 Å². The van der Waals surface area contributed by atoms with Gasteiger partial charge in [0, 0.05) is 30.1 Å². The first-order valence-electron chi connectivity index (χ1n) is 8.85. The first kappa shape index (κ1) is 18.5. The number of rotatable bonds is 4. The smallest absolute Gasteiger partial charge is 0.321 e. The number of nitrogens with one attached hydrogen (secondary N) is 3. The van der Waals surface area contributed by atoms with E-state index in [-0.39, 0.29) is 11.6 Å². The Morgan fingerprint density at radius 1 is 1.17 bits per heavy atom. The summed E-state index contributed by atoms with van der Waals surface area (Å²) in [7, 11) is 0.